The van der Waals surface area contributed by atoms with Crippen LogP contribution in [0.5, 0.6) is 0 Å². The molecule has 1 aliphatic heterocycles. The lowest BCUT2D eigenvalue weighted by atomic mass is 10.2. The molecule has 0 bridgehead atoms. The number of rotatable bonds is 6. The van der Waals surface area contributed by atoms with E-state index >= 15 is 0 Å². The molecule has 0 saturated carbocycles. The second-order valence-electron chi connectivity index (χ2n) is 7.15. The van der Waals surface area contributed by atoms with E-state index in [1.54, 1.807) is 30.5 Å². The quantitative estimate of drug-likeness (QED) is 0.697. The van der Waals surface area contributed by atoms with Crippen molar-refractivity contribution < 1.29 is 14.3 Å². The molecule has 3 N–H and O–H groups in total. The van der Waals surface area contributed by atoms with Crippen molar-refractivity contribution in [1.82, 2.24) is 10.3 Å². The third-order valence-electron chi connectivity index (χ3n) is 4.51. The smallest absolute Gasteiger partial charge is 0.319 e. The van der Waals surface area contributed by atoms with E-state index in [-0.39, 0.29) is 17.9 Å². The molecule has 3 rings (SSSR count). The number of anilines is 3. The van der Waals surface area contributed by atoms with E-state index in [9.17, 15) is 9.59 Å². The lowest BCUT2D eigenvalue weighted by Gasteiger charge is -2.28. The average molecular weight is 397 g/mol. The SMILES string of the molecule is CC(C)C(=O)Nc1cccc(NC(=O)NCc2ccnc(N3CCOCC3)c2)c1. The molecular weight excluding hydrogens is 370 g/mol. The Morgan fingerprint density at radius 3 is 2.55 bits per heavy atom. The number of urea groups is 1. The van der Waals surface area contributed by atoms with Gasteiger partial charge in [0.05, 0.1) is 13.2 Å². The van der Waals surface area contributed by atoms with Crippen LogP contribution in [0, 0.1) is 5.92 Å². The molecule has 0 aliphatic carbocycles. The van der Waals surface area contributed by atoms with Gasteiger partial charge in [0.15, 0.2) is 0 Å². The van der Waals surface area contributed by atoms with Gasteiger partial charge in [0.1, 0.15) is 5.82 Å². The number of hydrogen-bond donors (Lipinski definition) is 3. The number of nitrogens with zero attached hydrogens (tertiary/aromatic N) is 2. The van der Waals surface area contributed by atoms with E-state index in [4.69, 9.17) is 4.74 Å². The number of benzene rings is 1. The minimum atomic E-state index is -0.318. The van der Waals surface area contributed by atoms with Gasteiger partial charge in [-0.2, -0.15) is 0 Å². The zero-order chi connectivity index (χ0) is 20.6. The van der Waals surface area contributed by atoms with E-state index in [0.717, 1.165) is 24.5 Å². The van der Waals surface area contributed by atoms with Crippen LogP contribution >= 0.6 is 0 Å². The van der Waals surface area contributed by atoms with Crippen LogP contribution in [0.3, 0.4) is 0 Å². The van der Waals surface area contributed by atoms with Crippen molar-refractivity contribution in [3.63, 3.8) is 0 Å². The van der Waals surface area contributed by atoms with Crippen molar-refractivity contribution in [2.45, 2.75) is 20.4 Å². The number of aromatic nitrogens is 1. The zero-order valence-corrected chi connectivity index (χ0v) is 16.8. The number of nitrogens with one attached hydrogen (secondary N) is 3. The van der Waals surface area contributed by atoms with Crippen molar-refractivity contribution in [2.75, 3.05) is 41.8 Å². The first-order valence-corrected chi connectivity index (χ1v) is 9.74. The predicted molar refractivity (Wildman–Crippen MR) is 113 cm³/mol. The molecular formula is C21H27N5O3. The van der Waals surface area contributed by atoms with Crippen LogP contribution < -0.4 is 20.9 Å². The fourth-order valence-electron chi connectivity index (χ4n) is 2.85. The van der Waals surface area contributed by atoms with Crippen LogP contribution in [0.15, 0.2) is 42.6 Å². The van der Waals surface area contributed by atoms with E-state index in [2.05, 4.69) is 25.8 Å². The van der Waals surface area contributed by atoms with Gasteiger partial charge < -0.3 is 25.6 Å². The number of carbonyl (C=O) groups is 2. The second-order valence-corrected chi connectivity index (χ2v) is 7.15. The lowest BCUT2D eigenvalue weighted by molar-refractivity contribution is -0.118. The standard InChI is InChI=1S/C21H27N5O3/c1-15(2)20(27)24-17-4-3-5-18(13-17)25-21(28)23-14-16-6-7-22-19(12-16)26-8-10-29-11-9-26/h3-7,12-13,15H,8-11,14H2,1-2H3,(H,24,27)(H2,23,25,28). The maximum Gasteiger partial charge on any atom is 0.319 e. The van der Waals surface area contributed by atoms with Crippen LogP contribution in [0.2, 0.25) is 0 Å². The monoisotopic (exact) mass is 397 g/mol. The van der Waals surface area contributed by atoms with Gasteiger partial charge in [0.25, 0.3) is 0 Å². The zero-order valence-electron chi connectivity index (χ0n) is 16.8. The average Bonchev–Trinajstić information content (AvgIpc) is 2.73. The largest absolute Gasteiger partial charge is 0.378 e. The highest BCUT2D eigenvalue weighted by Gasteiger charge is 2.13. The summed E-state index contributed by atoms with van der Waals surface area (Å²) in [4.78, 5) is 30.7. The van der Waals surface area contributed by atoms with E-state index in [0.29, 0.717) is 31.1 Å². The molecule has 154 valence electrons. The molecule has 8 heteroatoms. The summed E-state index contributed by atoms with van der Waals surface area (Å²) >= 11 is 0. The van der Waals surface area contributed by atoms with Crippen molar-refractivity contribution in [2.24, 2.45) is 5.92 Å². The molecule has 2 heterocycles. The summed E-state index contributed by atoms with van der Waals surface area (Å²) in [5.74, 6) is 0.708. The molecule has 0 radical (unpaired) electrons. The van der Waals surface area contributed by atoms with Gasteiger partial charge in [-0.05, 0) is 35.9 Å². The van der Waals surface area contributed by atoms with E-state index in [1.807, 2.05) is 26.0 Å². The minimum absolute atomic E-state index is 0.0691. The molecule has 1 aromatic carbocycles. The second kappa shape index (κ2) is 9.88. The molecule has 0 spiro atoms. The summed E-state index contributed by atoms with van der Waals surface area (Å²) in [6, 6.07) is 10.6. The van der Waals surface area contributed by atoms with Gasteiger partial charge in [-0.25, -0.2) is 9.78 Å². The topological polar surface area (TPSA) is 95.6 Å². The minimum Gasteiger partial charge on any atom is -0.378 e. The Balaban J connectivity index is 1.53. The Kier molecular flexibility index (Phi) is 7.02. The van der Waals surface area contributed by atoms with Gasteiger partial charge in [0.2, 0.25) is 5.91 Å². The number of pyridine rings is 1. The van der Waals surface area contributed by atoms with Crippen LogP contribution in [-0.4, -0.2) is 43.2 Å². The molecule has 1 aromatic heterocycles. The highest BCUT2D eigenvalue weighted by molar-refractivity contribution is 5.94. The summed E-state index contributed by atoms with van der Waals surface area (Å²) < 4.78 is 5.37. The fraction of sp³-hybridized carbons (Fsp3) is 0.381. The first kappa shape index (κ1) is 20.6. The highest BCUT2D eigenvalue weighted by Crippen LogP contribution is 2.17. The Morgan fingerprint density at radius 1 is 1.10 bits per heavy atom. The van der Waals surface area contributed by atoms with Gasteiger partial charge in [-0.15, -0.1) is 0 Å². The van der Waals surface area contributed by atoms with Gasteiger partial charge >= 0.3 is 6.03 Å². The first-order valence-electron chi connectivity index (χ1n) is 9.74. The van der Waals surface area contributed by atoms with Crippen molar-refractivity contribution in [1.29, 1.82) is 0 Å². The van der Waals surface area contributed by atoms with Crippen LogP contribution in [0.4, 0.5) is 22.0 Å². The lowest BCUT2D eigenvalue weighted by Crippen LogP contribution is -2.36. The highest BCUT2D eigenvalue weighted by atomic mass is 16.5. The van der Waals surface area contributed by atoms with E-state index < -0.39 is 0 Å². The molecule has 3 amide bonds. The third kappa shape index (κ3) is 6.18. The number of amides is 3. The maximum absolute atomic E-state index is 12.3. The molecule has 1 fully saturated rings. The first-order chi connectivity index (χ1) is 14.0. The van der Waals surface area contributed by atoms with Crippen molar-refractivity contribution in [3.8, 4) is 0 Å². The molecule has 29 heavy (non-hydrogen) atoms. The summed E-state index contributed by atoms with van der Waals surface area (Å²) in [5, 5.41) is 8.46. The van der Waals surface area contributed by atoms with Crippen molar-refractivity contribution >= 4 is 29.1 Å². The van der Waals surface area contributed by atoms with Crippen LogP contribution in [0.1, 0.15) is 19.4 Å². The molecule has 0 unspecified atom stereocenters. The number of carbonyl (C=O) groups excluding carboxylic acids is 2. The number of ether oxygens (including phenoxy) is 1. The third-order valence-corrected chi connectivity index (χ3v) is 4.51. The summed E-state index contributed by atoms with van der Waals surface area (Å²) in [6.07, 6.45) is 1.75. The van der Waals surface area contributed by atoms with Gasteiger partial charge in [-0.3, -0.25) is 4.79 Å². The number of hydrogen-bond acceptors (Lipinski definition) is 5. The molecule has 0 atom stereocenters. The van der Waals surface area contributed by atoms with Crippen LogP contribution in [0.25, 0.3) is 0 Å². The van der Waals surface area contributed by atoms with E-state index in [1.165, 1.54) is 0 Å². The van der Waals surface area contributed by atoms with Gasteiger partial charge in [-0.1, -0.05) is 19.9 Å². The Hall–Kier alpha value is -3.13. The summed E-state index contributed by atoms with van der Waals surface area (Å²) in [6.45, 7) is 7.06. The predicted octanol–water partition coefficient (Wildman–Crippen LogP) is 2.83. The Labute approximate surface area is 170 Å². The number of morpholine rings is 1. The molecule has 2 aromatic rings. The summed E-state index contributed by atoms with van der Waals surface area (Å²) in [7, 11) is 0. The summed E-state index contributed by atoms with van der Waals surface area (Å²) in [5.41, 5.74) is 2.22. The van der Waals surface area contributed by atoms with Gasteiger partial charge in [0, 0.05) is 43.1 Å². The fourth-order valence-corrected chi connectivity index (χ4v) is 2.85. The molecule has 8 nitrogen and oxygen atoms in total. The normalized spacial score (nSPS) is 13.8. The van der Waals surface area contributed by atoms with Crippen LogP contribution in [-0.2, 0) is 16.1 Å². The van der Waals surface area contributed by atoms with Crippen molar-refractivity contribution in [3.05, 3.63) is 48.2 Å². The Bertz CT molecular complexity index is 850. The Morgan fingerprint density at radius 2 is 1.83 bits per heavy atom. The molecule has 1 saturated heterocycles. The maximum atomic E-state index is 12.3. The molecule has 1 aliphatic rings.